The number of carbonyl (C=O) groups excluding carboxylic acids is 1. The molecule has 4 nitrogen and oxygen atoms in total. The summed E-state index contributed by atoms with van der Waals surface area (Å²) in [5, 5.41) is 33.0. The van der Waals surface area contributed by atoms with E-state index in [1.807, 2.05) is 0 Å². The summed E-state index contributed by atoms with van der Waals surface area (Å²) in [6, 6.07) is 0. The van der Waals surface area contributed by atoms with E-state index in [-0.39, 0.29) is 12.8 Å². The number of rotatable bonds is 15. The number of Topliss-reactive ketones (excluding diaryl/α,β-unsaturated/α-hetero) is 1. The topological polar surface area (TPSA) is 77.8 Å². The van der Waals surface area contributed by atoms with Gasteiger partial charge in [0.05, 0.1) is 6.10 Å². The summed E-state index contributed by atoms with van der Waals surface area (Å²) in [5.74, 6) is -0.438. The van der Waals surface area contributed by atoms with E-state index in [0.717, 1.165) is 44.9 Å². The Labute approximate surface area is 148 Å². The molecule has 144 valence electrons. The molecule has 0 aromatic heterocycles. The molecule has 3 unspecified atom stereocenters. The average molecular weight is 345 g/mol. The molecule has 4 heteroatoms. The minimum Gasteiger partial charge on any atom is -0.390 e. The van der Waals surface area contributed by atoms with Crippen molar-refractivity contribution in [1.82, 2.24) is 0 Å². The van der Waals surface area contributed by atoms with Gasteiger partial charge in [0, 0.05) is 0 Å². The second-order valence-electron chi connectivity index (χ2n) is 7.27. The fourth-order valence-electron chi connectivity index (χ4n) is 3.45. The van der Waals surface area contributed by atoms with Gasteiger partial charge in [0.2, 0.25) is 0 Å². The molecule has 24 heavy (non-hydrogen) atoms. The van der Waals surface area contributed by atoms with Crippen molar-refractivity contribution in [2.45, 2.75) is 122 Å². The molecule has 0 spiro atoms. The predicted molar refractivity (Wildman–Crippen MR) is 99.0 cm³/mol. The Morgan fingerprint density at radius 1 is 0.833 bits per heavy atom. The van der Waals surface area contributed by atoms with Crippen LogP contribution in [0.3, 0.4) is 0 Å². The Morgan fingerprint density at radius 3 is 1.75 bits per heavy atom. The molecule has 0 aromatic carbocycles. The Kier molecular flexibility index (Phi) is 11.8. The molecule has 3 N–H and O–H groups in total. The van der Waals surface area contributed by atoms with Gasteiger partial charge in [-0.1, -0.05) is 78.6 Å². The van der Waals surface area contributed by atoms with Gasteiger partial charge in [0.15, 0.2) is 11.4 Å². The van der Waals surface area contributed by atoms with E-state index in [0.29, 0.717) is 19.3 Å². The van der Waals surface area contributed by atoms with Crippen LogP contribution in [0.25, 0.3) is 0 Å². The average Bonchev–Trinajstić information content (AvgIpc) is 2.54. The zero-order valence-electron chi connectivity index (χ0n) is 16.3. The monoisotopic (exact) mass is 344 g/mol. The third kappa shape index (κ3) is 6.45. The van der Waals surface area contributed by atoms with E-state index in [2.05, 4.69) is 20.8 Å². The summed E-state index contributed by atoms with van der Waals surface area (Å²) in [5.41, 5.74) is -3.61. The summed E-state index contributed by atoms with van der Waals surface area (Å²) in [4.78, 5) is 12.3. The Morgan fingerprint density at radius 2 is 1.29 bits per heavy atom. The van der Waals surface area contributed by atoms with E-state index < -0.39 is 23.1 Å². The maximum Gasteiger partial charge on any atom is 0.164 e. The first-order chi connectivity index (χ1) is 11.3. The van der Waals surface area contributed by atoms with Crippen molar-refractivity contribution in [3.05, 3.63) is 0 Å². The first kappa shape index (κ1) is 23.5. The van der Waals surface area contributed by atoms with E-state index in [1.54, 1.807) is 0 Å². The van der Waals surface area contributed by atoms with E-state index in [4.69, 9.17) is 0 Å². The molecule has 0 fully saturated rings. The highest BCUT2D eigenvalue weighted by Gasteiger charge is 2.55. The molecular weight excluding hydrogens is 304 g/mol. The van der Waals surface area contributed by atoms with Crippen molar-refractivity contribution in [2.75, 3.05) is 0 Å². The van der Waals surface area contributed by atoms with Crippen molar-refractivity contribution in [2.24, 2.45) is 0 Å². The molecule has 0 amide bonds. The first-order valence-corrected chi connectivity index (χ1v) is 9.93. The van der Waals surface area contributed by atoms with Crippen LogP contribution < -0.4 is 0 Å². The summed E-state index contributed by atoms with van der Waals surface area (Å²) in [6.07, 6.45) is 7.72. The number of hydrogen-bond acceptors (Lipinski definition) is 4. The second-order valence-corrected chi connectivity index (χ2v) is 7.27. The molecule has 0 radical (unpaired) electrons. The van der Waals surface area contributed by atoms with Gasteiger partial charge >= 0.3 is 0 Å². The van der Waals surface area contributed by atoms with Crippen LogP contribution in [0.2, 0.25) is 0 Å². The van der Waals surface area contributed by atoms with Crippen molar-refractivity contribution >= 4 is 5.78 Å². The van der Waals surface area contributed by atoms with Gasteiger partial charge in [-0.15, -0.1) is 0 Å². The lowest BCUT2D eigenvalue weighted by Gasteiger charge is -2.45. The minimum atomic E-state index is -1.86. The maximum atomic E-state index is 12.3. The molecule has 3 atom stereocenters. The summed E-state index contributed by atoms with van der Waals surface area (Å²) < 4.78 is 0. The van der Waals surface area contributed by atoms with Crippen LogP contribution in [0.1, 0.15) is 105 Å². The molecule has 0 bridgehead atoms. The molecule has 0 saturated carbocycles. The zero-order valence-corrected chi connectivity index (χ0v) is 16.3. The molecular formula is C20H40O4. The third-order valence-corrected chi connectivity index (χ3v) is 5.23. The molecule has 0 heterocycles. The number of unbranched alkanes of at least 4 members (excludes halogenated alkanes) is 6. The summed E-state index contributed by atoms with van der Waals surface area (Å²) in [7, 11) is 0. The predicted octanol–water partition coefficient (Wildman–Crippen LogP) is 4.14. The summed E-state index contributed by atoms with van der Waals surface area (Å²) >= 11 is 0. The fraction of sp³-hybridized carbons (Fsp3) is 0.950. The number of aliphatic hydroxyl groups excluding tert-OH is 1. The second kappa shape index (κ2) is 12.0. The lowest BCUT2D eigenvalue weighted by atomic mass is 9.69. The van der Waals surface area contributed by atoms with Gasteiger partial charge in [-0.25, -0.2) is 0 Å². The minimum absolute atomic E-state index is 0.212. The molecule has 0 saturated heterocycles. The number of carbonyl (C=O) groups is 1. The van der Waals surface area contributed by atoms with Gasteiger partial charge in [0.1, 0.15) is 5.60 Å². The highest BCUT2D eigenvalue weighted by atomic mass is 16.4. The smallest absolute Gasteiger partial charge is 0.164 e. The van der Waals surface area contributed by atoms with Gasteiger partial charge in [0.25, 0.3) is 0 Å². The van der Waals surface area contributed by atoms with Crippen molar-refractivity contribution < 1.29 is 20.1 Å². The number of ketones is 1. The Hall–Kier alpha value is -0.450. The van der Waals surface area contributed by atoms with E-state index in [1.165, 1.54) is 6.92 Å². The van der Waals surface area contributed by atoms with Gasteiger partial charge < -0.3 is 15.3 Å². The van der Waals surface area contributed by atoms with Crippen molar-refractivity contribution in [1.29, 1.82) is 0 Å². The van der Waals surface area contributed by atoms with E-state index >= 15 is 0 Å². The SMILES string of the molecule is CCCCCC(O)C(O)(CCCCC)C(O)(CCCCC)C(C)=O. The van der Waals surface area contributed by atoms with Crippen molar-refractivity contribution in [3.63, 3.8) is 0 Å². The number of hydrogen-bond donors (Lipinski definition) is 3. The highest BCUT2D eigenvalue weighted by molar-refractivity contribution is 5.86. The van der Waals surface area contributed by atoms with Crippen LogP contribution in [0.4, 0.5) is 0 Å². The fourth-order valence-corrected chi connectivity index (χ4v) is 3.45. The van der Waals surface area contributed by atoms with Gasteiger partial charge in [-0.3, -0.25) is 4.79 Å². The van der Waals surface area contributed by atoms with Crippen LogP contribution in [0.15, 0.2) is 0 Å². The highest BCUT2D eigenvalue weighted by Crippen LogP contribution is 2.38. The lowest BCUT2D eigenvalue weighted by Crippen LogP contribution is -2.64. The molecule has 0 aliphatic carbocycles. The lowest BCUT2D eigenvalue weighted by molar-refractivity contribution is -0.210. The zero-order chi connectivity index (χ0) is 18.6. The first-order valence-electron chi connectivity index (χ1n) is 9.93. The molecule has 0 aromatic rings. The van der Waals surface area contributed by atoms with Gasteiger partial charge in [-0.05, 0) is 26.2 Å². The van der Waals surface area contributed by atoms with Crippen molar-refractivity contribution in [3.8, 4) is 0 Å². The van der Waals surface area contributed by atoms with E-state index in [9.17, 15) is 20.1 Å². The van der Waals surface area contributed by atoms with Crippen LogP contribution >= 0.6 is 0 Å². The van der Waals surface area contributed by atoms with Crippen LogP contribution in [0.5, 0.6) is 0 Å². The third-order valence-electron chi connectivity index (χ3n) is 5.23. The molecule has 0 rings (SSSR count). The van der Waals surface area contributed by atoms with Gasteiger partial charge in [-0.2, -0.15) is 0 Å². The maximum absolute atomic E-state index is 12.3. The van der Waals surface area contributed by atoms with Crippen LogP contribution in [-0.2, 0) is 4.79 Å². The molecule has 0 aliphatic heterocycles. The molecule has 0 aliphatic rings. The largest absolute Gasteiger partial charge is 0.390 e. The Bertz CT molecular complexity index is 345. The summed E-state index contributed by atoms with van der Waals surface area (Å²) in [6.45, 7) is 7.53. The standard InChI is InChI=1S/C20H40O4/c1-5-8-11-14-18(22)20(24,16-13-10-7-3)19(23,17(4)21)15-12-9-6-2/h18,22-24H,5-16H2,1-4H3. The van der Waals surface area contributed by atoms with Crippen LogP contribution in [0, 0.1) is 0 Å². The number of aliphatic hydroxyl groups is 3. The Balaban J connectivity index is 5.36. The normalized spacial score (nSPS) is 18.0. The quantitative estimate of drug-likeness (QED) is 0.390. The van der Waals surface area contributed by atoms with Crippen LogP contribution in [-0.4, -0.2) is 38.4 Å².